The van der Waals surface area contributed by atoms with Gasteiger partial charge in [0.25, 0.3) is 0 Å². The monoisotopic (exact) mass is 289 g/mol. The number of halogens is 1. The summed E-state index contributed by atoms with van der Waals surface area (Å²) in [6.45, 7) is 5.01. The van der Waals surface area contributed by atoms with E-state index >= 15 is 0 Å². The van der Waals surface area contributed by atoms with Gasteiger partial charge in [-0.1, -0.05) is 48.5 Å². The first-order chi connectivity index (χ1) is 7.88. The highest BCUT2D eigenvalue weighted by molar-refractivity contribution is 9.09. The number of nitrogens with zero attached hydrogens (tertiary/aromatic N) is 1. The van der Waals surface area contributed by atoms with Crippen molar-refractivity contribution in [3.63, 3.8) is 0 Å². The molecular formula is C14H28BrN. The van der Waals surface area contributed by atoms with Crippen LogP contribution in [0, 0.1) is 0 Å². The van der Waals surface area contributed by atoms with Gasteiger partial charge >= 0.3 is 0 Å². The summed E-state index contributed by atoms with van der Waals surface area (Å²) in [7, 11) is 0. The topological polar surface area (TPSA) is 3.24 Å². The molecule has 1 aliphatic rings. The summed E-state index contributed by atoms with van der Waals surface area (Å²) in [5, 5.41) is 1.17. The smallest absolute Gasteiger partial charge is 0.00960 e. The largest absolute Gasteiger partial charge is 0.300 e. The zero-order valence-corrected chi connectivity index (χ0v) is 12.5. The van der Waals surface area contributed by atoms with Gasteiger partial charge in [-0.2, -0.15) is 0 Å². The van der Waals surface area contributed by atoms with E-state index in [9.17, 15) is 0 Å². The van der Waals surface area contributed by atoms with Gasteiger partial charge in [0, 0.05) is 11.4 Å². The minimum Gasteiger partial charge on any atom is -0.300 e. The van der Waals surface area contributed by atoms with Gasteiger partial charge in [0.2, 0.25) is 0 Å². The highest BCUT2D eigenvalue weighted by atomic mass is 79.9. The Morgan fingerprint density at radius 2 is 1.94 bits per heavy atom. The third-order valence-electron chi connectivity index (χ3n) is 3.72. The number of likely N-dealkylation sites (tertiary alicyclic amines) is 1. The molecule has 0 amide bonds. The number of hydrogen-bond donors (Lipinski definition) is 0. The fourth-order valence-corrected chi connectivity index (χ4v) is 3.07. The van der Waals surface area contributed by atoms with Gasteiger partial charge in [0.15, 0.2) is 0 Å². The van der Waals surface area contributed by atoms with Gasteiger partial charge < -0.3 is 4.90 Å². The lowest BCUT2D eigenvalue weighted by Gasteiger charge is -2.24. The third-order valence-corrected chi connectivity index (χ3v) is 4.28. The molecule has 16 heavy (non-hydrogen) atoms. The molecule has 1 atom stereocenters. The Labute approximate surface area is 110 Å². The number of unbranched alkanes of at least 4 members (excludes halogenated alkanes) is 4. The lowest BCUT2D eigenvalue weighted by Crippen LogP contribution is -2.30. The Morgan fingerprint density at radius 3 is 2.69 bits per heavy atom. The van der Waals surface area contributed by atoms with E-state index in [0.29, 0.717) is 0 Å². The molecule has 1 aliphatic heterocycles. The summed E-state index contributed by atoms with van der Waals surface area (Å²) in [4.78, 5) is 2.74. The summed E-state index contributed by atoms with van der Waals surface area (Å²) < 4.78 is 0. The van der Waals surface area contributed by atoms with Crippen LogP contribution in [-0.2, 0) is 0 Å². The van der Waals surface area contributed by atoms with Crippen LogP contribution in [0.3, 0.4) is 0 Å². The highest BCUT2D eigenvalue weighted by Gasteiger charge is 2.22. The zero-order valence-electron chi connectivity index (χ0n) is 10.9. The van der Waals surface area contributed by atoms with Crippen LogP contribution in [0.15, 0.2) is 0 Å². The second kappa shape index (κ2) is 9.47. The maximum atomic E-state index is 3.54. The van der Waals surface area contributed by atoms with E-state index in [-0.39, 0.29) is 0 Å². The van der Waals surface area contributed by atoms with Crippen LogP contribution >= 0.6 is 15.9 Å². The lowest BCUT2D eigenvalue weighted by atomic mass is 10.1. The first kappa shape index (κ1) is 14.5. The fourth-order valence-electron chi connectivity index (χ4n) is 2.75. The molecule has 0 saturated carbocycles. The molecule has 0 bridgehead atoms. The molecule has 1 heterocycles. The van der Waals surface area contributed by atoms with Crippen LogP contribution < -0.4 is 0 Å². The Hall–Kier alpha value is 0.440. The average Bonchev–Trinajstić information content (AvgIpc) is 2.74. The van der Waals surface area contributed by atoms with E-state index in [1.54, 1.807) is 0 Å². The molecule has 96 valence electrons. The molecule has 1 saturated heterocycles. The highest BCUT2D eigenvalue weighted by Crippen LogP contribution is 2.22. The van der Waals surface area contributed by atoms with Crippen LogP contribution in [0.4, 0.5) is 0 Å². The molecule has 0 aromatic heterocycles. The quantitative estimate of drug-likeness (QED) is 0.443. The average molecular weight is 290 g/mol. The van der Waals surface area contributed by atoms with Crippen LogP contribution in [-0.4, -0.2) is 29.4 Å². The lowest BCUT2D eigenvalue weighted by molar-refractivity contribution is 0.237. The van der Waals surface area contributed by atoms with Crippen LogP contribution in [0.2, 0.25) is 0 Å². The van der Waals surface area contributed by atoms with E-state index in [1.165, 1.54) is 76.2 Å². The van der Waals surface area contributed by atoms with E-state index < -0.39 is 0 Å². The van der Waals surface area contributed by atoms with Gasteiger partial charge in [0.05, 0.1) is 0 Å². The molecular weight excluding hydrogens is 262 g/mol. The fraction of sp³-hybridized carbons (Fsp3) is 1.00. The molecule has 0 N–H and O–H groups in total. The van der Waals surface area contributed by atoms with E-state index in [2.05, 4.69) is 27.8 Å². The summed E-state index contributed by atoms with van der Waals surface area (Å²) in [6.07, 6.45) is 12.7. The summed E-state index contributed by atoms with van der Waals surface area (Å²) >= 11 is 3.54. The van der Waals surface area contributed by atoms with Crippen molar-refractivity contribution in [2.45, 2.75) is 70.8 Å². The van der Waals surface area contributed by atoms with Gasteiger partial charge in [-0.3, -0.25) is 0 Å². The molecule has 1 nitrogen and oxygen atoms in total. The number of alkyl halides is 1. The van der Waals surface area contributed by atoms with Crippen molar-refractivity contribution >= 4 is 15.9 Å². The first-order valence-corrected chi connectivity index (χ1v) is 8.30. The van der Waals surface area contributed by atoms with Crippen molar-refractivity contribution in [1.82, 2.24) is 4.90 Å². The van der Waals surface area contributed by atoms with Crippen molar-refractivity contribution in [2.24, 2.45) is 0 Å². The summed E-state index contributed by atoms with van der Waals surface area (Å²) in [5.41, 5.74) is 0. The van der Waals surface area contributed by atoms with Crippen molar-refractivity contribution in [3.8, 4) is 0 Å². The normalized spacial score (nSPS) is 21.8. The minimum absolute atomic E-state index is 0.906. The minimum atomic E-state index is 0.906. The third kappa shape index (κ3) is 5.67. The molecule has 0 radical (unpaired) electrons. The second-order valence-electron chi connectivity index (χ2n) is 5.08. The van der Waals surface area contributed by atoms with Crippen molar-refractivity contribution in [2.75, 3.05) is 18.4 Å². The first-order valence-electron chi connectivity index (χ1n) is 7.18. The van der Waals surface area contributed by atoms with E-state index in [1.807, 2.05) is 0 Å². The molecule has 1 fully saturated rings. The SMILES string of the molecule is CCCCCCCN1CCCC1CCCBr. The van der Waals surface area contributed by atoms with Crippen molar-refractivity contribution in [3.05, 3.63) is 0 Å². The Morgan fingerprint density at radius 1 is 1.12 bits per heavy atom. The van der Waals surface area contributed by atoms with Crippen LogP contribution in [0.1, 0.15) is 64.7 Å². The molecule has 1 unspecified atom stereocenters. The summed E-state index contributed by atoms with van der Waals surface area (Å²) in [5.74, 6) is 0. The molecule has 1 rings (SSSR count). The Balaban J connectivity index is 2.05. The molecule has 0 aliphatic carbocycles. The van der Waals surface area contributed by atoms with Crippen molar-refractivity contribution in [1.29, 1.82) is 0 Å². The molecule has 0 aromatic rings. The maximum Gasteiger partial charge on any atom is 0.00960 e. The standard InChI is InChI=1S/C14H28BrN/c1-2-3-4-5-6-12-16-13-8-10-14(16)9-7-11-15/h14H,2-13H2,1H3. The van der Waals surface area contributed by atoms with E-state index in [0.717, 1.165) is 6.04 Å². The van der Waals surface area contributed by atoms with E-state index in [4.69, 9.17) is 0 Å². The van der Waals surface area contributed by atoms with Gasteiger partial charge in [-0.25, -0.2) is 0 Å². The van der Waals surface area contributed by atoms with Gasteiger partial charge in [-0.15, -0.1) is 0 Å². The molecule has 0 aromatic carbocycles. The number of rotatable bonds is 9. The Bertz CT molecular complexity index is 161. The summed E-state index contributed by atoms with van der Waals surface area (Å²) in [6, 6.07) is 0.906. The molecule has 0 spiro atoms. The van der Waals surface area contributed by atoms with Gasteiger partial charge in [-0.05, 0) is 45.2 Å². The van der Waals surface area contributed by atoms with Crippen molar-refractivity contribution < 1.29 is 0 Å². The van der Waals surface area contributed by atoms with Crippen LogP contribution in [0.5, 0.6) is 0 Å². The van der Waals surface area contributed by atoms with Crippen LogP contribution in [0.25, 0.3) is 0 Å². The predicted molar refractivity (Wildman–Crippen MR) is 76.4 cm³/mol. The maximum absolute atomic E-state index is 3.54. The molecule has 2 heteroatoms. The van der Waals surface area contributed by atoms with Gasteiger partial charge in [0.1, 0.15) is 0 Å². The predicted octanol–water partition coefficient (Wildman–Crippen LogP) is 4.60. The number of hydrogen-bond acceptors (Lipinski definition) is 1. The zero-order chi connectivity index (χ0) is 11.6. The second-order valence-corrected chi connectivity index (χ2v) is 5.87. The Kier molecular flexibility index (Phi) is 8.58.